The van der Waals surface area contributed by atoms with Crippen LogP contribution in [0.2, 0.25) is 0 Å². The van der Waals surface area contributed by atoms with E-state index in [4.69, 9.17) is 4.74 Å². The van der Waals surface area contributed by atoms with Crippen LogP contribution in [0, 0.1) is 12.7 Å². The molecule has 1 heterocycles. The van der Waals surface area contributed by atoms with Gasteiger partial charge >= 0.3 is 0 Å². The summed E-state index contributed by atoms with van der Waals surface area (Å²) in [5.74, 6) is 1.86. The minimum Gasteiger partial charge on any atom is -0.494 e. The summed E-state index contributed by atoms with van der Waals surface area (Å²) in [6.07, 6.45) is 0.877. The number of H-pyrrole nitrogens is 1. The smallest absolute Gasteiger partial charge is 0.208 e. The van der Waals surface area contributed by atoms with Crippen molar-refractivity contribution in [3.63, 3.8) is 0 Å². The van der Waals surface area contributed by atoms with Crippen molar-refractivity contribution in [3.05, 3.63) is 59.9 Å². The summed E-state index contributed by atoms with van der Waals surface area (Å²) in [5, 5.41) is 7.52. The van der Waals surface area contributed by atoms with Crippen molar-refractivity contribution < 1.29 is 9.13 Å². The molecular formula is C18H18FN3OS. The van der Waals surface area contributed by atoms with Crippen LogP contribution >= 0.6 is 11.8 Å². The van der Waals surface area contributed by atoms with Crippen LogP contribution in [0.25, 0.3) is 11.4 Å². The number of aromatic nitrogens is 3. The molecule has 0 amide bonds. The maximum absolute atomic E-state index is 13.7. The topological polar surface area (TPSA) is 50.8 Å². The molecule has 3 aromatic rings. The van der Waals surface area contributed by atoms with Crippen molar-refractivity contribution in [2.75, 3.05) is 12.4 Å². The summed E-state index contributed by atoms with van der Waals surface area (Å²) in [6, 6.07) is 14.5. The highest BCUT2D eigenvalue weighted by molar-refractivity contribution is 7.99. The van der Waals surface area contributed by atoms with Crippen molar-refractivity contribution in [2.24, 2.45) is 0 Å². The van der Waals surface area contributed by atoms with Crippen LogP contribution in [-0.4, -0.2) is 27.5 Å². The lowest BCUT2D eigenvalue weighted by atomic mass is 10.2. The first-order chi connectivity index (χ1) is 11.7. The van der Waals surface area contributed by atoms with E-state index in [1.54, 1.807) is 18.2 Å². The number of benzene rings is 2. The van der Waals surface area contributed by atoms with Gasteiger partial charge in [-0.1, -0.05) is 36.0 Å². The lowest BCUT2D eigenvalue weighted by molar-refractivity contribution is 0.318. The molecule has 0 aliphatic rings. The minimum absolute atomic E-state index is 0.309. The van der Waals surface area contributed by atoms with Gasteiger partial charge in [0.1, 0.15) is 11.6 Å². The number of ether oxygens (including phenoxy) is 1. The number of nitrogens with zero attached hydrogens (tertiary/aromatic N) is 2. The van der Waals surface area contributed by atoms with Gasteiger partial charge in [-0.3, -0.25) is 5.10 Å². The van der Waals surface area contributed by atoms with Crippen LogP contribution in [0.1, 0.15) is 12.0 Å². The fourth-order valence-electron chi connectivity index (χ4n) is 2.20. The maximum Gasteiger partial charge on any atom is 0.208 e. The van der Waals surface area contributed by atoms with Gasteiger partial charge in [0.05, 0.1) is 12.2 Å². The van der Waals surface area contributed by atoms with Crippen LogP contribution in [0.15, 0.2) is 53.7 Å². The van der Waals surface area contributed by atoms with Gasteiger partial charge in [-0.15, -0.1) is 5.10 Å². The highest BCUT2D eigenvalue weighted by atomic mass is 32.2. The third kappa shape index (κ3) is 4.35. The fourth-order valence-corrected chi connectivity index (χ4v) is 2.91. The fraction of sp³-hybridized carbons (Fsp3) is 0.222. The predicted molar refractivity (Wildman–Crippen MR) is 93.8 cm³/mol. The lowest BCUT2D eigenvalue weighted by Crippen LogP contribution is -1.99. The normalized spacial score (nSPS) is 10.8. The molecule has 0 bridgehead atoms. The van der Waals surface area contributed by atoms with E-state index in [0.29, 0.717) is 23.2 Å². The zero-order valence-electron chi connectivity index (χ0n) is 13.3. The Hall–Kier alpha value is -2.34. The Morgan fingerprint density at radius 1 is 1.17 bits per heavy atom. The zero-order chi connectivity index (χ0) is 16.8. The minimum atomic E-state index is -0.309. The van der Waals surface area contributed by atoms with Gasteiger partial charge in [-0.25, -0.2) is 9.37 Å². The molecule has 6 heteroatoms. The Morgan fingerprint density at radius 3 is 2.88 bits per heavy atom. The van der Waals surface area contributed by atoms with Crippen molar-refractivity contribution in [2.45, 2.75) is 18.5 Å². The number of thioether (sulfide) groups is 1. The first-order valence-electron chi connectivity index (χ1n) is 7.72. The number of nitrogens with one attached hydrogen (secondary N) is 1. The SMILES string of the molecule is Cc1cccc(OCCCSc2n[nH]c(-c3ccccc3F)n2)c1. The molecule has 4 nitrogen and oxygen atoms in total. The molecule has 0 aliphatic carbocycles. The molecular weight excluding hydrogens is 325 g/mol. The van der Waals surface area contributed by atoms with E-state index in [1.807, 2.05) is 31.2 Å². The molecule has 124 valence electrons. The van der Waals surface area contributed by atoms with E-state index >= 15 is 0 Å². The van der Waals surface area contributed by atoms with Gasteiger partial charge in [0.2, 0.25) is 5.16 Å². The van der Waals surface area contributed by atoms with Crippen LogP contribution in [0.3, 0.4) is 0 Å². The number of halogens is 1. The highest BCUT2D eigenvalue weighted by Gasteiger charge is 2.09. The average molecular weight is 343 g/mol. The number of rotatable bonds is 7. The van der Waals surface area contributed by atoms with Crippen LogP contribution in [-0.2, 0) is 0 Å². The summed E-state index contributed by atoms with van der Waals surface area (Å²) in [6.45, 7) is 2.68. The quantitative estimate of drug-likeness (QED) is 0.507. The molecule has 0 spiro atoms. The maximum atomic E-state index is 13.7. The van der Waals surface area contributed by atoms with Crippen molar-refractivity contribution in [3.8, 4) is 17.1 Å². The summed E-state index contributed by atoms with van der Waals surface area (Å²) in [7, 11) is 0. The first-order valence-corrected chi connectivity index (χ1v) is 8.70. The van der Waals surface area contributed by atoms with Crippen LogP contribution < -0.4 is 4.74 Å². The monoisotopic (exact) mass is 343 g/mol. The zero-order valence-corrected chi connectivity index (χ0v) is 14.1. The number of hydrogen-bond acceptors (Lipinski definition) is 4. The van der Waals surface area contributed by atoms with Crippen LogP contribution in [0.4, 0.5) is 4.39 Å². The molecule has 3 rings (SSSR count). The van der Waals surface area contributed by atoms with Gasteiger partial charge < -0.3 is 4.74 Å². The molecule has 2 aromatic carbocycles. The molecule has 0 saturated heterocycles. The van der Waals surface area contributed by atoms with E-state index < -0.39 is 0 Å². The van der Waals surface area contributed by atoms with Crippen molar-refractivity contribution >= 4 is 11.8 Å². The summed E-state index contributed by atoms with van der Waals surface area (Å²) in [4.78, 5) is 4.32. The molecule has 0 fully saturated rings. The molecule has 1 aromatic heterocycles. The van der Waals surface area contributed by atoms with Crippen molar-refractivity contribution in [1.29, 1.82) is 0 Å². The third-order valence-corrected chi connectivity index (χ3v) is 4.31. The van der Waals surface area contributed by atoms with Gasteiger partial charge in [0.25, 0.3) is 0 Å². The van der Waals surface area contributed by atoms with E-state index in [1.165, 1.54) is 23.4 Å². The standard InChI is InChI=1S/C18H18FN3OS/c1-13-6-4-7-14(12-13)23-10-5-11-24-18-20-17(21-22-18)15-8-2-3-9-16(15)19/h2-4,6-9,12H,5,10-11H2,1H3,(H,20,21,22). The van der Waals surface area contributed by atoms with Gasteiger partial charge in [0, 0.05) is 5.75 Å². The van der Waals surface area contributed by atoms with Gasteiger partial charge in [0.15, 0.2) is 5.82 Å². The van der Waals surface area contributed by atoms with E-state index in [-0.39, 0.29) is 5.82 Å². The second kappa shape index (κ2) is 7.97. The molecule has 0 radical (unpaired) electrons. The van der Waals surface area contributed by atoms with Crippen molar-refractivity contribution in [1.82, 2.24) is 15.2 Å². The lowest BCUT2D eigenvalue weighted by Gasteiger charge is -2.05. The van der Waals surface area contributed by atoms with E-state index in [0.717, 1.165) is 17.9 Å². The second-order valence-corrected chi connectivity index (χ2v) is 6.38. The Labute approximate surface area is 144 Å². The van der Waals surface area contributed by atoms with Crippen LogP contribution in [0.5, 0.6) is 5.75 Å². The highest BCUT2D eigenvalue weighted by Crippen LogP contribution is 2.22. The summed E-state index contributed by atoms with van der Waals surface area (Å²) in [5.41, 5.74) is 1.61. The number of aromatic amines is 1. The first kappa shape index (κ1) is 16.5. The molecule has 0 atom stereocenters. The average Bonchev–Trinajstić information content (AvgIpc) is 3.04. The molecule has 0 aliphatic heterocycles. The largest absolute Gasteiger partial charge is 0.494 e. The summed E-state index contributed by atoms with van der Waals surface area (Å²) < 4.78 is 19.4. The predicted octanol–water partition coefficient (Wildman–Crippen LogP) is 4.48. The number of hydrogen-bond donors (Lipinski definition) is 1. The Morgan fingerprint density at radius 2 is 2.04 bits per heavy atom. The molecule has 1 N–H and O–H groups in total. The molecule has 0 saturated carbocycles. The Balaban J connectivity index is 1.45. The Bertz CT molecular complexity index is 806. The van der Waals surface area contributed by atoms with Gasteiger partial charge in [-0.05, 0) is 43.2 Å². The van der Waals surface area contributed by atoms with E-state index in [9.17, 15) is 4.39 Å². The third-order valence-electron chi connectivity index (χ3n) is 3.37. The second-order valence-electron chi connectivity index (χ2n) is 5.31. The molecule has 24 heavy (non-hydrogen) atoms. The van der Waals surface area contributed by atoms with Gasteiger partial charge in [-0.2, -0.15) is 0 Å². The molecule has 0 unspecified atom stereocenters. The summed E-state index contributed by atoms with van der Waals surface area (Å²) >= 11 is 1.52. The Kier molecular flexibility index (Phi) is 5.48. The number of aryl methyl sites for hydroxylation is 1. The van der Waals surface area contributed by atoms with E-state index in [2.05, 4.69) is 15.2 Å².